The van der Waals surface area contributed by atoms with E-state index in [1.807, 2.05) is 26.0 Å². The summed E-state index contributed by atoms with van der Waals surface area (Å²) in [6, 6.07) is 5.63. The van der Waals surface area contributed by atoms with Gasteiger partial charge in [0.15, 0.2) is 0 Å². The molecule has 1 rings (SSSR count). The van der Waals surface area contributed by atoms with E-state index >= 15 is 0 Å². The Hall–Kier alpha value is -0.795. The zero-order valence-corrected chi connectivity index (χ0v) is 7.41. The summed E-state index contributed by atoms with van der Waals surface area (Å²) >= 11 is 0. The van der Waals surface area contributed by atoms with E-state index in [1.54, 1.807) is 6.07 Å². The van der Waals surface area contributed by atoms with Crippen molar-refractivity contribution in [1.29, 1.82) is 0 Å². The molecule has 0 heterocycles. The van der Waals surface area contributed by atoms with Gasteiger partial charge in [-0.1, -0.05) is 30.7 Å². The molecule has 0 aliphatic rings. The standard InChI is InChI=1S/C9H13BO2/c1-3-8-6-7(2)4-5-9(8)10(11)12/h4-6,11-12H,3H2,1-2H3. The lowest BCUT2D eigenvalue weighted by atomic mass is 9.76. The summed E-state index contributed by atoms with van der Waals surface area (Å²) in [6.07, 6.45) is 0.828. The summed E-state index contributed by atoms with van der Waals surface area (Å²) in [5.41, 5.74) is 2.77. The van der Waals surface area contributed by atoms with Crippen molar-refractivity contribution in [2.24, 2.45) is 0 Å². The van der Waals surface area contributed by atoms with E-state index in [9.17, 15) is 0 Å². The summed E-state index contributed by atoms with van der Waals surface area (Å²) in [7, 11) is -1.35. The van der Waals surface area contributed by atoms with Crippen LogP contribution in [0.5, 0.6) is 0 Å². The molecule has 2 nitrogen and oxygen atoms in total. The molecule has 0 aliphatic carbocycles. The Morgan fingerprint density at radius 1 is 1.33 bits per heavy atom. The van der Waals surface area contributed by atoms with Crippen LogP contribution in [0.15, 0.2) is 18.2 Å². The maximum Gasteiger partial charge on any atom is 0.488 e. The van der Waals surface area contributed by atoms with Crippen molar-refractivity contribution >= 4 is 12.6 Å². The SMILES string of the molecule is CCc1cc(C)ccc1B(O)O. The Balaban J connectivity index is 3.11. The van der Waals surface area contributed by atoms with Crippen LogP contribution >= 0.6 is 0 Å². The Labute approximate surface area is 73.0 Å². The average molecular weight is 164 g/mol. The van der Waals surface area contributed by atoms with E-state index in [-0.39, 0.29) is 0 Å². The highest BCUT2D eigenvalue weighted by Gasteiger charge is 2.14. The van der Waals surface area contributed by atoms with Crippen molar-refractivity contribution in [3.8, 4) is 0 Å². The van der Waals surface area contributed by atoms with Gasteiger partial charge in [0, 0.05) is 0 Å². The predicted molar refractivity (Wildman–Crippen MR) is 50.4 cm³/mol. The van der Waals surface area contributed by atoms with Gasteiger partial charge in [-0.25, -0.2) is 0 Å². The van der Waals surface area contributed by atoms with Crippen LogP contribution in [0.3, 0.4) is 0 Å². The highest BCUT2D eigenvalue weighted by molar-refractivity contribution is 6.59. The molecule has 0 aliphatic heterocycles. The topological polar surface area (TPSA) is 40.5 Å². The van der Waals surface area contributed by atoms with Gasteiger partial charge >= 0.3 is 7.12 Å². The minimum absolute atomic E-state index is 0.614. The van der Waals surface area contributed by atoms with Crippen LogP contribution in [0, 0.1) is 6.92 Å². The highest BCUT2D eigenvalue weighted by Crippen LogP contribution is 2.02. The lowest BCUT2D eigenvalue weighted by Gasteiger charge is -2.07. The van der Waals surface area contributed by atoms with Crippen molar-refractivity contribution in [3.05, 3.63) is 29.3 Å². The molecule has 2 N–H and O–H groups in total. The van der Waals surface area contributed by atoms with Crippen LogP contribution in [-0.2, 0) is 6.42 Å². The molecule has 0 fully saturated rings. The van der Waals surface area contributed by atoms with Crippen LogP contribution in [0.25, 0.3) is 0 Å². The molecule has 0 atom stereocenters. The van der Waals surface area contributed by atoms with Gasteiger partial charge in [0.25, 0.3) is 0 Å². The molecule has 0 amide bonds. The van der Waals surface area contributed by atoms with Crippen LogP contribution in [0.4, 0.5) is 0 Å². The number of hydrogen-bond acceptors (Lipinski definition) is 2. The lowest BCUT2D eigenvalue weighted by Crippen LogP contribution is -2.32. The monoisotopic (exact) mass is 164 g/mol. The minimum Gasteiger partial charge on any atom is -0.423 e. The minimum atomic E-state index is -1.35. The first-order chi connectivity index (χ1) is 5.65. The van der Waals surface area contributed by atoms with E-state index in [0.29, 0.717) is 5.46 Å². The van der Waals surface area contributed by atoms with E-state index in [2.05, 4.69) is 0 Å². The fraction of sp³-hybridized carbons (Fsp3) is 0.333. The third-order valence-corrected chi connectivity index (χ3v) is 1.96. The zero-order chi connectivity index (χ0) is 9.14. The molecule has 64 valence electrons. The summed E-state index contributed by atoms with van der Waals surface area (Å²) in [6.45, 7) is 3.99. The van der Waals surface area contributed by atoms with Gasteiger partial charge in [-0.3, -0.25) is 0 Å². The van der Waals surface area contributed by atoms with E-state index in [4.69, 9.17) is 10.0 Å². The van der Waals surface area contributed by atoms with Gasteiger partial charge in [0.05, 0.1) is 0 Å². The molecule has 12 heavy (non-hydrogen) atoms. The average Bonchev–Trinajstić information content (AvgIpc) is 2.03. The lowest BCUT2D eigenvalue weighted by molar-refractivity contribution is 0.425. The molecule has 1 aromatic rings. The number of rotatable bonds is 2. The van der Waals surface area contributed by atoms with Gasteiger partial charge in [-0.15, -0.1) is 0 Å². The summed E-state index contributed by atoms with van der Waals surface area (Å²) < 4.78 is 0. The molecule has 0 spiro atoms. The van der Waals surface area contributed by atoms with Crippen molar-refractivity contribution < 1.29 is 10.0 Å². The third-order valence-electron chi connectivity index (χ3n) is 1.96. The summed E-state index contributed by atoms with van der Waals surface area (Å²) in [5, 5.41) is 18.0. The van der Waals surface area contributed by atoms with Crippen LogP contribution < -0.4 is 5.46 Å². The van der Waals surface area contributed by atoms with Gasteiger partial charge < -0.3 is 10.0 Å². The first-order valence-corrected chi connectivity index (χ1v) is 4.10. The van der Waals surface area contributed by atoms with E-state index in [1.165, 1.54) is 0 Å². The van der Waals surface area contributed by atoms with Gasteiger partial charge in [-0.05, 0) is 24.4 Å². The second-order valence-electron chi connectivity index (χ2n) is 2.93. The second kappa shape index (κ2) is 3.74. The molecular weight excluding hydrogens is 151 g/mol. The van der Waals surface area contributed by atoms with Crippen molar-refractivity contribution in [3.63, 3.8) is 0 Å². The van der Waals surface area contributed by atoms with Gasteiger partial charge in [0.2, 0.25) is 0 Å². The molecule has 0 saturated heterocycles. The van der Waals surface area contributed by atoms with Gasteiger partial charge in [0.1, 0.15) is 0 Å². The second-order valence-corrected chi connectivity index (χ2v) is 2.93. The largest absolute Gasteiger partial charge is 0.488 e. The number of benzene rings is 1. The Morgan fingerprint density at radius 2 is 2.00 bits per heavy atom. The van der Waals surface area contributed by atoms with E-state index in [0.717, 1.165) is 17.5 Å². The van der Waals surface area contributed by atoms with Crippen molar-refractivity contribution in [1.82, 2.24) is 0 Å². The molecule has 1 aromatic carbocycles. The fourth-order valence-electron chi connectivity index (χ4n) is 1.29. The first kappa shape index (κ1) is 9.29. The maximum absolute atomic E-state index is 8.98. The van der Waals surface area contributed by atoms with Gasteiger partial charge in [-0.2, -0.15) is 0 Å². The molecule has 0 aromatic heterocycles. The van der Waals surface area contributed by atoms with Crippen LogP contribution in [0.2, 0.25) is 0 Å². The highest BCUT2D eigenvalue weighted by atomic mass is 16.4. The Kier molecular flexibility index (Phi) is 2.90. The molecule has 0 saturated carbocycles. The molecule has 0 unspecified atom stereocenters. The van der Waals surface area contributed by atoms with Crippen LogP contribution in [0.1, 0.15) is 18.1 Å². The first-order valence-electron chi connectivity index (χ1n) is 4.10. The molecule has 3 heteroatoms. The fourth-order valence-corrected chi connectivity index (χ4v) is 1.29. The Morgan fingerprint density at radius 3 is 2.50 bits per heavy atom. The summed E-state index contributed by atoms with van der Waals surface area (Å²) in [4.78, 5) is 0. The predicted octanol–water partition coefficient (Wildman–Crippen LogP) is 0.237. The normalized spacial score (nSPS) is 10.0. The maximum atomic E-state index is 8.98. The quantitative estimate of drug-likeness (QED) is 0.614. The van der Waals surface area contributed by atoms with Crippen LogP contribution in [-0.4, -0.2) is 17.2 Å². The smallest absolute Gasteiger partial charge is 0.423 e. The number of aryl methyl sites for hydroxylation is 2. The third kappa shape index (κ3) is 1.87. The zero-order valence-electron chi connectivity index (χ0n) is 7.41. The molecular formula is C9H13BO2. The Bertz CT molecular complexity index is 271. The molecule has 0 radical (unpaired) electrons. The summed E-state index contributed by atoms with van der Waals surface area (Å²) in [5.74, 6) is 0. The molecule has 0 bridgehead atoms. The number of hydrogen-bond donors (Lipinski definition) is 2. The van der Waals surface area contributed by atoms with Crippen molar-refractivity contribution in [2.45, 2.75) is 20.3 Å². The van der Waals surface area contributed by atoms with Crippen molar-refractivity contribution in [2.75, 3.05) is 0 Å². The van der Waals surface area contributed by atoms with E-state index < -0.39 is 7.12 Å².